The molecular weight excluding hydrogens is 568 g/mol. The molecule has 2 bridgehead atoms. The van der Waals surface area contributed by atoms with Gasteiger partial charge in [-0.05, 0) is 44.9 Å². The van der Waals surface area contributed by atoms with Crippen LogP contribution in [-0.4, -0.2) is 86.4 Å². The first-order valence-electron chi connectivity index (χ1n) is 14.3. The van der Waals surface area contributed by atoms with E-state index >= 15 is 0 Å². The van der Waals surface area contributed by atoms with E-state index in [1.54, 1.807) is 22.7 Å². The van der Waals surface area contributed by atoms with Crippen LogP contribution in [0.4, 0.5) is 0 Å². The molecule has 0 aromatic carbocycles. The van der Waals surface area contributed by atoms with Crippen molar-refractivity contribution in [2.24, 2.45) is 11.8 Å². The summed E-state index contributed by atoms with van der Waals surface area (Å²) in [5.74, 6) is -1.52. The van der Waals surface area contributed by atoms with Gasteiger partial charge in [0.1, 0.15) is 6.04 Å². The van der Waals surface area contributed by atoms with Crippen molar-refractivity contribution >= 4 is 45.5 Å². The number of amides is 2. The summed E-state index contributed by atoms with van der Waals surface area (Å²) in [7, 11) is 0. The zero-order valence-corrected chi connectivity index (χ0v) is 25.2. The molecule has 38 heavy (non-hydrogen) atoms. The van der Waals surface area contributed by atoms with E-state index in [9.17, 15) is 14.4 Å². The standard InChI is InChI=1S/C29H45BrN2O5S/c1-4-7-9-14-19-37-28(36)22-23-26(34)32(17-12-10-11-13-18-33)25(29(23)20-21(30)24(22)38-29)27(35)31(15-6-3)16-8-5-2/h4,6,21-25,33H,1,3,5,7-20H2,2H3/t21?,22-,23-,24-,25?,29?/m0/s1. The molecule has 6 atom stereocenters. The molecule has 3 unspecified atom stereocenters. The van der Waals surface area contributed by atoms with Crippen LogP contribution in [0.2, 0.25) is 0 Å². The normalized spacial score (nSPS) is 29.4. The molecule has 7 nitrogen and oxygen atoms in total. The lowest BCUT2D eigenvalue weighted by Crippen LogP contribution is -2.55. The van der Waals surface area contributed by atoms with Gasteiger partial charge >= 0.3 is 5.97 Å². The molecule has 0 radical (unpaired) electrons. The second kappa shape index (κ2) is 14.9. The summed E-state index contributed by atoms with van der Waals surface area (Å²) < 4.78 is 5.07. The molecule has 214 valence electrons. The molecule has 3 saturated heterocycles. The molecule has 0 aromatic rings. The van der Waals surface area contributed by atoms with E-state index in [2.05, 4.69) is 36.0 Å². The molecule has 9 heteroatoms. The molecular formula is C29H45BrN2O5S. The number of thioether (sulfide) groups is 1. The number of hydrogen-bond acceptors (Lipinski definition) is 6. The second-order valence-corrected chi connectivity index (χ2v) is 13.4. The highest BCUT2D eigenvalue weighted by Gasteiger charge is 2.76. The first-order chi connectivity index (χ1) is 18.4. The summed E-state index contributed by atoms with van der Waals surface area (Å²) in [5.41, 5.74) is 0. The Kier molecular flexibility index (Phi) is 12.2. The van der Waals surface area contributed by atoms with E-state index in [-0.39, 0.29) is 34.5 Å². The first kappa shape index (κ1) is 31.2. The van der Waals surface area contributed by atoms with Crippen molar-refractivity contribution < 1.29 is 24.2 Å². The number of nitrogens with zero attached hydrogens (tertiary/aromatic N) is 2. The van der Waals surface area contributed by atoms with Gasteiger partial charge < -0.3 is 19.6 Å². The lowest BCUT2D eigenvalue weighted by molar-refractivity contribution is -0.154. The van der Waals surface area contributed by atoms with E-state index < -0.39 is 22.6 Å². The van der Waals surface area contributed by atoms with Gasteiger partial charge in [0, 0.05) is 36.3 Å². The van der Waals surface area contributed by atoms with Crippen LogP contribution in [0.5, 0.6) is 0 Å². The van der Waals surface area contributed by atoms with Gasteiger partial charge in [0.25, 0.3) is 0 Å². The maximum atomic E-state index is 14.2. The monoisotopic (exact) mass is 612 g/mol. The number of likely N-dealkylation sites (tertiary alicyclic amines) is 1. The van der Waals surface area contributed by atoms with Gasteiger partial charge in [-0.15, -0.1) is 24.9 Å². The number of aliphatic hydroxyl groups is 1. The SMILES string of the molecule is C=CCCCCOC(=O)[C@H]1[C@H]2C(=O)N(CCCCCCO)C(C(=O)N(CC=C)CCCC)C23CC(Br)[C@@H]1S3. The zero-order valence-electron chi connectivity index (χ0n) is 22.8. The number of unbranched alkanes of at least 4 members (excludes halogenated alkanes) is 6. The van der Waals surface area contributed by atoms with Crippen molar-refractivity contribution in [1.29, 1.82) is 0 Å². The minimum Gasteiger partial charge on any atom is -0.465 e. The van der Waals surface area contributed by atoms with E-state index in [1.165, 1.54) is 0 Å². The van der Waals surface area contributed by atoms with Crippen LogP contribution in [0.3, 0.4) is 0 Å². The van der Waals surface area contributed by atoms with Crippen molar-refractivity contribution in [2.45, 2.75) is 92.0 Å². The number of hydrogen-bond donors (Lipinski definition) is 1. The number of ether oxygens (including phenoxy) is 1. The Morgan fingerprint density at radius 3 is 2.63 bits per heavy atom. The smallest absolute Gasteiger partial charge is 0.310 e. The largest absolute Gasteiger partial charge is 0.465 e. The highest BCUT2D eigenvalue weighted by atomic mass is 79.9. The Labute approximate surface area is 240 Å². The maximum Gasteiger partial charge on any atom is 0.310 e. The molecule has 0 saturated carbocycles. The number of fused-ring (bicyclic) bond motifs is 1. The lowest BCUT2D eigenvalue weighted by atomic mass is 9.71. The average Bonchev–Trinajstić information content (AvgIpc) is 3.49. The van der Waals surface area contributed by atoms with Crippen LogP contribution in [0.15, 0.2) is 25.3 Å². The minimum absolute atomic E-state index is 0.0316. The third-order valence-electron chi connectivity index (χ3n) is 8.09. The molecule has 1 N–H and O–H groups in total. The second-order valence-electron chi connectivity index (χ2n) is 10.7. The molecule has 0 aromatic heterocycles. The molecule has 0 aliphatic carbocycles. The fraction of sp³-hybridized carbons (Fsp3) is 0.759. The summed E-state index contributed by atoms with van der Waals surface area (Å²) in [5, 5.41) is 9.04. The van der Waals surface area contributed by atoms with Gasteiger partial charge in [0.05, 0.1) is 23.2 Å². The van der Waals surface area contributed by atoms with Crippen LogP contribution in [0.1, 0.15) is 71.1 Å². The fourth-order valence-corrected chi connectivity index (χ4v) is 9.89. The molecule has 1 spiro atoms. The molecule has 3 rings (SSSR count). The number of alkyl halides is 1. The van der Waals surface area contributed by atoms with Crippen molar-refractivity contribution in [3.63, 3.8) is 0 Å². The Hall–Kier alpha value is -1.32. The van der Waals surface area contributed by atoms with Crippen molar-refractivity contribution in [1.82, 2.24) is 9.80 Å². The summed E-state index contributed by atoms with van der Waals surface area (Å²) in [6.45, 7) is 11.7. The summed E-state index contributed by atoms with van der Waals surface area (Å²) in [4.78, 5) is 45.4. The Morgan fingerprint density at radius 1 is 1.18 bits per heavy atom. The van der Waals surface area contributed by atoms with Crippen LogP contribution < -0.4 is 0 Å². The number of carbonyl (C=O) groups is 3. The highest BCUT2D eigenvalue weighted by Crippen LogP contribution is 2.68. The number of allylic oxidation sites excluding steroid dienone is 1. The number of carbonyl (C=O) groups excluding carboxylic acids is 3. The van der Waals surface area contributed by atoms with Gasteiger partial charge in [0.15, 0.2) is 0 Å². The van der Waals surface area contributed by atoms with E-state index in [0.29, 0.717) is 32.7 Å². The van der Waals surface area contributed by atoms with E-state index in [1.807, 2.05) is 11.0 Å². The Bertz CT molecular complexity index is 857. The van der Waals surface area contributed by atoms with Gasteiger partial charge in [0.2, 0.25) is 11.8 Å². The third-order valence-corrected chi connectivity index (χ3v) is 11.3. The average molecular weight is 614 g/mol. The highest BCUT2D eigenvalue weighted by molar-refractivity contribution is 9.09. The maximum absolute atomic E-state index is 14.2. The van der Waals surface area contributed by atoms with Gasteiger partial charge in [-0.3, -0.25) is 14.4 Å². The summed E-state index contributed by atoms with van der Waals surface area (Å²) >= 11 is 5.47. The molecule has 3 aliphatic heterocycles. The predicted octanol–water partition coefficient (Wildman–Crippen LogP) is 4.72. The number of esters is 1. The first-order valence-corrected chi connectivity index (χ1v) is 16.1. The molecule has 2 amide bonds. The van der Waals surface area contributed by atoms with Gasteiger partial charge in [-0.1, -0.05) is 54.3 Å². The van der Waals surface area contributed by atoms with Gasteiger partial charge in [-0.2, -0.15) is 0 Å². The fourth-order valence-electron chi connectivity index (χ4n) is 6.30. The van der Waals surface area contributed by atoms with Crippen LogP contribution in [0, 0.1) is 11.8 Å². The number of rotatable bonds is 18. The third kappa shape index (κ3) is 6.52. The number of halogens is 1. The minimum atomic E-state index is -0.643. The van der Waals surface area contributed by atoms with E-state index in [0.717, 1.165) is 57.8 Å². The quantitative estimate of drug-likeness (QED) is 0.104. The molecule has 3 heterocycles. The van der Waals surface area contributed by atoms with Crippen molar-refractivity contribution in [3.05, 3.63) is 25.3 Å². The Morgan fingerprint density at radius 2 is 1.95 bits per heavy atom. The zero-order chi connectivity index (χ0) is 27.7. The van der Waals surface area contributed by atoms with Crippen LogP contribution >= 0.6 is 27.7 Å². The van der Waals surface area contributed by atoms with Crippen molar-refractivity contribution in [2.75, 3.05) is 32.8 Å². The van der Waals surface area contributed by atoms with Crippen LogP contribution in [0.25, 0.3) is 0 Å². The summed E-state index contributed by atoms with van der Waals surface area (Å²) in [6.07, 6.45) is 11.9. The topological polar surface area (TPSA) is 87.1 Å². The van der Waals surface area contributed by atoms with Gasteiger partial charge in [-0.25, -0.2) is 0 Å². The molecule has 3 aliphatic rings. The Balaban J connectivity index is 1.88. The van der Waals surface area contributed by atoms with Crippen LogP contribution in [-0.2, 0) is 19.1 Å². The summed E-state index contributed by atoms with van der Waals surface area (Å²) in [6, 6.07) is -0.602. The molecule has 3 fully saturated rings. The predicted molar refractivity (Wildman–Crippen MR) is 156 cm³/mol. The van der Waals surface area contributed by atoms with E-state index in [4.69, 9.17) is 9.84 Å². The van der Waals surface area contributed by atoms with Crippen molar-refractivity contribution in [3.8, 4) is 0 Å². The number of aliphatic hydroxyl groups excluding tert-OH is 1. The lowest BCUT2D eigenvalue weighted by Gasteiger charge is -2.38.